The number of sulfonamides is 1. The largest absolute Gasteiger partial charge is 0.385 e. The van der Waals surface area contributed by atoms with Crippen LogP contribution in [0.15, 0.2) is 65.6 Å². The molecule has 2 amide bonds. The summed E-state index contributed by atoms with van der Waals surface area (Å²) in [5.74, 6) is -0.857. The quantitative estimate of drug-likeness (QED) is 0.350. The zero-order chi connectivity index (χ0) is 26.3. The molecule has 0 aliphatic carbocycles. The van der Waals surface area contributed by atoms with Gasteiger partial charge in [-0.1, -0.05) is 35.9 Å². The highest BCUT2D eigenvalue weighted by atomic mass is 32.2. The second-order valence-electron chi connectivity index (χ2n) is 8.51. The maximum Gasteiger partial charge on any atom is 0.262 e. The molecule has 0 aliphatic heterocycles. The van der Waals surface area contributed by atoms with E-state index in [1.165, 1.54) is 6.07 Å². The van der Waals surface area contributed by atoms with Gasteiger partial charge in [-0.05, 0) is 68.7 Å². The molecule has 3 aromatic rings. The molecule has 0 heterocycles. The Bertz CT molecular complexity index is 1370. The Morgan fingerprint density at radius 2 is 1.61 bits per heavy atom. The number of nitrogens with one attached hydrogen (secondary N) is 3. The van der Waals surface area contributed by atoms with Gasteiger partial charge in [0.25, 0.3) is 21.8 Å². The Morgan fingerprint density at radius 3 is 2.33 bits per heavy atom. The summed E-state index contributed by atoms with van der Waals surface area (Å²) in [5, 5.41) is 5.53. The molecule has 36 heavy (non-hydrogen) atoms. The second kappa shape index (κ2) is 11.8. The minimum atomic E-state index is -3.95. The summed E-state index contributed by atoms with van der Waals surface area (Å²) in [6.45, 7) is 6.38. The third-order valence-electron chi connectivity index (χ3n) is 5.60. The average molecular weight is 510 g/mol. The number of para-hydroxylation sites is 1. The molecular weight excluding hydrogens is 478 g/mol. The molecular formula is C27H31N3O5S. The summed E-state index contributed by atoms with van der Waals surface area (Å²) in [5.41, 5.74) is 3.57. The van der Waals surface area contributed by atoms with E-state index in [1.54, 1.807) is 56.5 Å². The van der Waals surface area contributed by atoms with Crippen LogP contribution in [-0.2, 0) is 14.8 Å². The molecule has 0 aliphatic rings. The van der Waals surface area contributed by atoms with Gasteiger partial charge in [-0.15, -0.1) is 0 Å². The van der Waals surface area contributed by atoms with Crippen molar-refractivity contribution >= 4 is 33.2 Å². The van der Waals surface area contributed by atoms with Gasteiger partial charge in [0.2, 0.25) is 0 Å². The van der Waals surface area contributed by atoms with Crippen molar-refractivity contribution in [3.05, 3.63) is 88.5 Å². The lowest BCUT2D eigenvalue weighted by Gasteiger charge is -2.15. The number of aryl methyl sites for hydroxylation is 3. The Morgan fingerprint density at radius 1 is 0.861 bits per heavy atom. The predicted octanol–water partition coefficient (Wildman–Crippen LogP) is 4.43. The molecule has 3 rings (SSSR count). The van der Waals surface area contributed by atoms with Gasteiger partial charge in [-0.3, -0.25) is 14.3 Å². The van der Waals surface area contributed by atoms with Crippen LogP contribution in [0.2, 0.25) is 0 Å². The van der Waals surface area contributed by atoms with Crippen molar-refractivity contribution in [3.8, 4) is 0 Å². The molecule has 0 fully saturated rings. The molecule has 0 saturated heterocycles. The highest BCUT2D eigenvalue weighted by Gasteiger charge is 2.21. The number of carbonyl (C=O) groups excluding carboxylic acids is 2. The zero-order valence-electron chi connectivity index (χ0n) is 20.8. The summed E-state index contributed by atoms with van der Waals surface area (Å²) in [4.78, 5) is 25.7. The van der Waals surface area contributed by atoms with Gasteiger partial charge in [-0.25, -0.2) is 8.42 Å². The molecule has 3 aromatic carbocycles. The molecule has 0 aromatic heterocycles. The number of benzene rings is 3. The Balaban J connectivity index is 1.82. The molecule has 0 atom stereocenters. The van der Waals surface area contributed by atoms with Gasteiger partial charge < -0.3 is 15.4 Å². The minimum absolute atomic E-state index is 0.000652. The van der Waals surface area contributed by atoms with Crippen LogP contribution >= 0.6 is 0 Å². The molecule has 0 bridgehead atoms. The first-order valence-electron chi connectivity index (χ1n) is 11.5. The number of amides is 2. The maximum atomic E-state index is 13.2. The SMILES string of the molecule is COCCCNC(=O)c1ccccc1NC(=O)c1ccc(C)c(S(=O)(=O)Nc2ccc(C)cc2C)c1. The third-order valence-corrected chi connectivity index (χ3v) is 7.10. The first-order chi connectivity index (χ1) is 17.1. The number of hydrogen-bond donors (Lipinski definition) is 3. The van der Waals surface area contributed by atoms with Crippen LogP contribution in [0, 0.1) is 20.8 Å². The summed E-state index contributed by atoms with van der Waals surface area (Å²) >= 11 is 0. The van der Waals surface area contributed by atoms with Crippen LogP contribution in [0.3, 0.4) is 0 Å². The minimum Gasteiger partial charge on any atom is -0.385 e. The molecule has 0 spiro atoms. The van der Waals surface area contributed by atoms with Crippen LogP contribution in [0.4, 0.5) is 11.4 Å². The van der Waals surface area contributed by atoms with Gasteiger partial charge >= 0.3 is 0 Å². The van der Waals surface area contributed by atoms with E-state index in [-0.39, 0.29) is 16.4 Å². The van der Waals surface area contributed by atoms with Crippen LogP contribution < -0.4 is 15.4 Å². The fourth-order valence-electron chi connectivity index (χ4n) is 3.66. The Kier molecular flexibility index (Phi) is 8.84. The monoisotopic (exact) mass is 509 g/mol. The number of ether oxygens (including phenoxy) is 1. The van der Waals surface area contributed by atoms with Crippen molar-refractivity contribution < 1.29 is 22.7 Å². The number of anilines is 2. The van der Waals surface area contributed by atoms with Crippen molar-refractivity contribution in [3.63, 3.8) is 0 Å². The normalized spacial score (nSPS) is 11.1. The van der Waals surface area contributed by atoms with E-state index >= 15 is 0 Å². The van der Waals surface area contributed by atoms with E-state index < -0.39 is 15.9 Å². The topological polar surface area (TPSA) is 114 Å². The van der Waals surface area contributed by atoms with Crippen molar-refractivity contribution in [1.29, 1.82) is 0 Å². The smallest absolute Gasteiger partial charge is 0.262 e. The van der Waals surface area contributed by atoms with E-state index in [9.17, 15) is 18.0 Å². The molecule has 190 valence electrons. The van der Waals surface area contributed by atoms with Crippen molar-refractivity contribution in [2.45, 2.75) is 32.1 Å². The van der Waals surface area contributed by atoms with E-state index in [2.05, 4.69) is 15.4 Å². The molecule has 0 radical (unpaired) electrons. The maximum absolute atomic E-state index is 13.2. The molecule has 3 N–H and O–H groups in total. The van der Waals surface area contributed by atoms with Crippen LogP contribution in [0.25, 0.3) is 0 Å². The summed E-state index contributed by atoms with van der Waals surface area (Å²) in [6, 6.07) is 16.5. The van der Waals surface area contributed by atoms with Crippen LogP contribution in [-0.4, -0.2) is 40.5 Å². The lowest BCUT2D eigenvalue weighted by molar-refractivity contribution is 0.0949. The second-order valence-corrected chi connectivity index (χ2v) is 10.2. The molecule has 0 saturated carbocycles. The van der Waals surface area contributed by atoms with Crippen molar-refractivity contribution in [2.24, 2.45) is 0 Å². The third kappa shape index (κ3) is 6.71. The van der Waals surface area contributed by atoms with Gasteiger partial charge in [0, 0.05) is 25.8 Å². The number of hydrogen-bond acceptors (Lipinski definition) is 5. The van der Waals surface area contributed by atoms with Crippen molar-refractivity contribution in [1.82, 2.24) is 5.32 Å². The van der Waals surface area contributed by atoms with E-state index in [4.69, 9.17) is 4.74 Å². The first kappa shape index (κ1) is 26.9. The lowest BCUT2D eigenvalue weighted by Crippen LogP contribution is -2.26. The first-order valence-corrected chi connectivity index (χ1v) is 13.0. The van der Waals surface area contributed by atoms with Crippen molar-refractivity contribution in [2.75, 3.05) is 30.3 Å². The van der Waals surface area contributed by atoms with E-state index in [1.807, 2.05) is 26.0 Å². The average Bonchev–Trinajstić information content (AvgIpc) is 2.84. The fraction of sp³-hybridized carbons (Fsp3) is 0.259. The number of rotatable bonds is 10. The van der Waals surface area contributed by atoms with Crippen LogP contribution in [0.1, 0.15) is 43.8 Å². The van der Waals surface area contributed by atoms with Gasteiger partial charge in [-0.2, -0.15) is 0 Å². The van der Waals surface area contributed by atoms with E-state index in [0.717, 1.165) is 11.1 Å². The highest BCUT2D eigenvalue weighted by molar-refractivity contribution is 7.92. The number of methoxy groups -OCH3 is 1. The summed E-state index contributed by atoms with van der Waals surface area (Å²) in [6.07, 6.45) is 0.660. The van der Waals surface area contributed by atoms with E-state index in [0.29, 0.717) is 42.1 Å². The molecule has 8 nitrogen and oxygen atoms in total. The van der Waals surface area contributed by atoms with Gasteiger partial charge in [0.05, 0.1) is 21.8 Å². The lowest BCUT2D eigenvalue weighted by atomic mass is 10.1. The summed E-state index contributed by atoms with van der Waals surface area (Å²) < 4.78 is 34.0. The molecule has 0 unspecified atom stereocenters. The van der Waals surface area contributed by atoms with Gasteiger partial charge in [0.1, 0.15) is 0 Å². The Hall–Kier alpha value is -3.69. The summed E-state index contributed by atoms with van der Waals surface area (Å²) in [7, 11) is -2.36. The predicted molar refractivity (Wildman–Crippen MR) is 141 cm³/mol. The van der Waals surface area contributed by atoms with Gasteiger partial charge in [0.15, 0.2) is 0 Å². The Labute approximate surface area is 212 Å². The van der Waals surface area contributed by atoms with Crippen LogP contribution in [0.5, 0.6) is 0 Å². The standard InChI is InChI=1S/C27H31N3O5S/c1-18-10-13-23(20(3)16-18)30-36(33,34)25-17-21(12-11-19(25)2)26(31)29-24-9-6-5-8-22(24)27(32)28-14-7-15-35-4/h5-6,8-13,16-17,30H,7,14-15H2,1-4H3,(H,28,32)(H,29,31). The number of carbonyl (C=O) groups is 2. The fourth-order valence-corrected chi connectivity index (χ4v) is 5.06. The molecule has 9 heteroatoms. The zero-order valence-corrected chi connectivity index (χ0v) is 21.7. The highest BCUT2D eigenvalue weighted by Crippen LogP contribution is 2.24.